The number of nitrogens with one attached hydrogen (secondary N) is 1. The molecule has 0 atom stereocenters. The molecular formula is C16H18N4S. The van der Waals surface area contributed by atoms with Crippen LogP contribution < -0.4 is 11.1 Å². The van der Waals surface area contributed by atoms with Crippen molar-refractivity contribution in [3.8, 4) is 0 Å². The van der Waals surface area contributed by atoms with Crippen molar-refractivity contribution in [1.29, 1.82) is 0 Å². The highest BCUT2D eigenvalue weighted by molar-refractivity contribution is 7.18. The number of benzene rings is 1. The maximum Gasteiger partial charge on any atom is 0.138 e. The normalized spacial score (nSPS) is 11.0. The van der Waals surface area contributed by atoms with Crippen LogP contribution in [0.4, 0.5) is 5.82 Å². The predicted octanol–water partition coefficient (Wildman–Crippen LogP) is 3.11. The van der Waals surface area contributed by atoms with Crippen molar-refractivity contribution in [2.75, 3.05) is 11.9 Å². The van der Waals surface area contributed by atoms with Crippen molar-refractivity contribution in [1.82, 2.24) is 9.97 Å². The monoisotopic (exact) mass is 298 g/mol. The number of aromatic nitrogens is 2. The van der Waals surface area contributed by atoms with E-state index in [1.807, 2.05) is 0 Å². The first-order valence-corrected chi connectivity index (χ1v) is 7.81. The summed E-state index contributed by atoms with van der Waals surface area (Å²) in [6, 6.07) is 10.7. The molecule has 0 bridgehead atoms. The van der Waals surface area contributed by atoms with E-state index in [0.717, 1.165) is 29.0 Å². The summed E-state index contributed by atoms with van der Waals surface area (Å²) >= 11 is 1.69. The van der Waals surface area contributed by atoms with Crippen molar-refractivity contribution in [2.45, 2.75) is 19.9 Å². The standard InChI is InChI=1S/C16H18N4S/c1-11-8-14-15(19-10-20-16(14)21-11)18-9-13-4-2-12(3-5-13)6-7-17/h2-5,8,10H,6-7,9,17H2,1H3,(H,18,19,20). The number of anilines is 1. The lowest BCUT2D eigenvalue weighted by Gasteiger charge is -2.07. The number of thiophene rings is 1. The Kier molecular flexibility index (Phi) is 4.13. The molecule has 4 nitrogen and oxygen atoms in total. The second-order valence-corrected chi connectivity index (χ2v) is 6.24. The summed E-state index contributed by atoms with van der Waals surface area (Å²) in [5.74, 6) is 0.899. The summed E-state index contributed by atoms with van der Waals surface area (Å²) < 4.78 is 0. The number of nitrogens with zero attached hydrogens (tertiary/aromatic N) is 2. The van der Waals surface area contributed by atoms with E-state index in [4.69, 9.17) is 5.73 Å². The van der Waals surface area contributed by atoms with E-state index in [2.05, 4.69) is 52.5 Å². The number of hydrogen-bond donors (Lipinski definition) is 2. The zero-order chi connectivity index (χ0) is 14.7. The smallest absolute Gasteiger partial charge is 0.138 e. The van der Waals surface area contributed by atoms with Crippen LogP contribution in [0, 0.1) is 6.92 Å². The molecule has 0 saturated heterocycles. The van der Waals surface area contributed by atoms with Gasteiger partial charge in [0.1, 0.15) is 17.0 Å². The minimum atomic E-state index is 0.689. The van der Waals surface area contributed by atoms with Gasteiger partial charge in [0.15, 0.2) is 0 Å². The number of rotatable bonds is 5. The summed E-state index contributed by atoms with van der Waals surface area (Å²) in [5, 5.41) is 4.50. The van der Waals surface area contributed by atoms with E-state index in [0.29, 0.717) is 6.54 Å². The Morgan fingerprint density at radius 2 is 1.90 bits per heavy atom. The average Bonchev–Trinajstić information content (AvgIpc) is 2.87. The van der Waals surface area contributed by atoms with Gasteiger partial charge in [-0.15, -0.1) is 11.3 Å². The molecule has 1 aromatic carbocycles. The lowest BCUT2D eigenvalue weighted by Crippen LogP contribution is -2.04. The highest BCUT2D eigenvalue weighted by atomic mass is 32.1. The van der Waals surface area contributed by atoms with Gasteiger partial charge < -0.3 is 11.1 Å². The van der Waals surface area contributed by atoms with Crippen LogP contribution in [0.5, 0.6) is 0 Å². The van der Waals surface area contributed by atoms with Crippen molar-refractivity contribution < 1.29 is 0 Å². The molecule has 0 saturated carbocycles. The second-order valence-electron chi connectivity index (χ2n) is 5.01. The summed E-state index contributed by atoms with van der Waals surface area (Å²) in [6.45, 7) is 3.53. The van der Waals surface area contributed by atoms with Crippen LogP contribution in [0.15, 0.2) is 36.7 Å². The van der Waals surface area contributed by atoms with Crippen LogP contribution in [0.3, 0.4) is 0 Å². The van der Waals surface area contributed by atoms with E-state index in [1.165, 1.54) is 16.0 Å². The fourth-order valence-electron chi connectivity index (χ4n) is 2.29. The lowest BCUT2D eigenvalue weighted by atomic mass is 10.1. The van der Waals surface area contributed by atoms with E-state index in [9.17, 15) is 0 Å². The predicted molar refractivity (Wildman–Crippen MR) is 88.7 cm³/mol. The first kappa shape index (κ1) is 14.0. The quantitative estimate of drug-likeness (QED) is 0.759. The van der Waals surface area contributed by atoms with E-state index in [1.54, 1.807) is 17.7 Å². The van der Waals surface area contributed by atoms with Gasteiger partial charge in [-0.3, -0.25) is 0 Å². The van der Waals surface area contributed by atoms with Crippen LogP contribution in [-0.4, -0.2) is 16.5 Å². The summed E-state index contributed by atoms with van der Waals surface area (Å²) in [7, 11) is 0. The number of fused-ring (bicyclic) bond motifs is 1. The molecule has 108 valence electrons. The molecular weight excluding hydrogens is 280 g/mol. The maximum atomic E-state index is 5.56. The van der Waals surface area contributed by atoms with Gasteiger partial charge in [0, 0.05) is 11.4 Å². The number of nitrogens with two attached hydrogens (primary N) is 1. The number of aryl methyl sites for hydroxylation is 1. The fraction of sp³-hybridized carbons (Fsp3) is 0.250. The Balaban J connectivity index is 1.74. The van der Waals surface area contributed by atoms with Gasteiger partial charge in [-0.25, -0.2) is 9.97 Å². The molecule has 2 aromatic heterocycles. The molecule has 0 amide bonds. The molecule has 0 aliphatic rings. The average molecular weight is 298 g/mol. The lowest BCUT2D eigenvalue weighted by molar-refractivity contribution is 0.966. The van der Waals surface area contributed by atoms with Crippen molar-refractivity contribution in [2.24, 2.45) is 5.73 Å². The van der Waals surface area contributed by atoms with Gasteiger partial charge in [-0.1, -0.05) is 24.3 Å². The topological polar surface area (TPSA) is 63.8 Å². The maximum absolute atomic E-state index is 5.56. The first-order chi connectivity index (χ1) is 10.3. The van der Waals surface area contributed by atoms with E-state index in [-0.39, 0.29) is 0 Å². The molecule has 21 heavy (non-hydrogen) atoms. The molecule has 3 rings (SSSR count). The zero-order valence-electron chi connectivity index (χ0n) is 12.0. The molecule has 3 N–H and O–H groups in total. The fourth-order valence-corrected chi connectivity index (χ4v) is 3.14. The van der Waals surface area contributed by atoms with Gasteiger partial charge in [0.25, 0.3) is 0 Å². The van der Waals surface area contributed by atoms with Gasteiger partial charge in [-0.05, 0) is 37.1 Å². The Morgan fingerprint density at radius 1 is 1.14 bits per heavy atom. The Morgan fingerprint density at radius 3 is 2.67 bits per heavy atom. The van der Waals surface area contributed by atoms with Crippen LogP contribution in [0.2, 0.25) is 0 Å². The molecule has 0 radical (unpaired) electrons. The minimum absolute atomic E-state index is 0.689. The van der Waals surface area contributed by atoms with Crippen LogP contribution in [-0.2, 0) is 13.0 Å². The third kappa shape index (κ3) is 3.20. The summed E-state index contributed by atoms with van der Waals surface area (Å²) in [4.78, 5) is 10.9. The zero-order valence-corrected chi connectivity index (χ0v) is 12.8. The van der Waals surface area contributed by atoms with Gasteiger partial charge in [0.2, 0.25) is 0 Å². The summed E-state index contributed by atoms with van der Waals surface area (Å²) in [5.41, 5.74) is 8.07. The van der Waals surface area contributed by atoms with E-state index >= 15 is 0 Å². The van der Waals surface area contributed by atoms with Crippen LogP contribution in [0.1, 0.15) is 16.0 Å². The molecule has 0 aliphatic carbocycles. The Hall–Kier alpha value is -1.98. The molecule has 0 aliphatic heterocycles. The van der Waals surface area contributed by atoms with Gasteiger partial charge >= 0.3 is 0 Å². The van der Waals surface area contributed by atoms with Crippen molar-refractivity contribution in [3.63, 3.8) is 0 Å². The third-order valence-electron chi connectivity index (χ3n) is 3.37. The molecule has 5 heteroatoms. The van der Waals surface area contributed by atoms with Crippen molar-refractivity contribution in [3.05, 3.63) is 52.7 Å². The third-order valence-corrected chi connectivity index (χ3v) is 4.33. The Labute approximate surface area is 128 Å². The minimum Gasteiger partial charge on any atom is -0.365 e. The SMILES string of the molecule is Cc1cc2c(NCc3ccc(CCN)cc3)ncnc2s1. The number of hydrogen-bond acceptors (Lipinski definition) is 5. The first-order valence-electron chi connectivity index (χ1n) is 6.99. The molecule has 0 fully saturated rings. The molecule has 0 unspecified atom stereocenters. The largest absolute Gasteiger partial charge is 0.365 e. The summed E-state index contributed by atoms with van der Waals surface area (Å²) in [6.07, 6.45) is 2.54. The van der Waals surface area contributed by atoms with E-state index < -0.39 is 0 Å². The molecule has 3 aromatic rings. The molecule has 0 spiro atoms. The second kappa shape index (κ2) is 6.20. The molecule has 2 heterocycles. The highest BCUT2D eigenvalue weighted by Crippen LogP contribution is 2.27. The van der Waals surface area contributed by atoms with Crippen molar-refractivity contribution >= 4 is 27.4 Å². The highest BCUT2D eigenvalue weighted by Gasteiger charge is 2.06. The van der Waals surface area contributed by atoms with Gasteiger partial charge in [0.05, 0.1) is 5.39 Å². The Bertz CT molecular complexity index is 734. The van der Waals surface area contributed by atoms with Crippen LogP contribution >= 0.6 is 11.3 Å². The van der Waals surface area contributed by atoms with Gasteiger partial charge in [-0.2, -0.15) is 0 Å². The van der Waals surface area contributed by atoms with Crippen LogP contribution in [0.25, 0.3) is 10.2 Å².